The summed E-state index contributed by atoms with van der Waals surface area (Å²) in [7, 11) is -1.87. The summed E-state index contributed by atoms with van der Waals surface area (Å²) in [5, 5.41) is 0. The number of benzene rings is 1. The van der Waals surface area contributed by atoms with Crippen molar-refractivity contribution in [2.24, 2.45) is 0 Å². The lowest BCUT2D eigenvalue weighted by Gasteiger charge is -2.38. The minimum Gasteiger partial charge on any atom is -0.197 e. The molecule has 0 heterocycles. The first kappa shape index (κ1) is 18.7. The fourth-order valence-electron chi connectivity index (χ4n) is 3.50. The third kappa shape index (κ3) is 3.90. The van der Waals surface area contributed by atoms with Gasteiger partial charge in [0.15, 0.2) is 5.83 Å². The first-order chi connectivity index (χ1) is 10.2. The molecule has 1 aromatic rings. The van der Waals surface area contributed by atoms with E-state index in [0.29, 0.717) is 22.2 Å². The van der Waals surface area contributed by atoms with Crippen LogP contribution in [0.4, 0.5) is 4.39 Å². The van der Waals surface area contributed by atoms with E-state index in [-0.39, 0.29) is 5.83 Å². The number of halogens is 1. The van der Waals surface area contributed by atoms with Crippen molar-refractivity contribution in [2.45, 2.75) is 65.1 Å². The Morgan fingerprint density at radius 3 is 1.77 bits per heavy atom. The Hall–Kier alpha value is -1.33. The first-order valence-corrected chi connectivity index (χ1v) is 10.4. The average Bonchev–Trinajstić information content (AvgIpc) is 2.46. The summed E-state index contributed by atoms with van der Waals surface area (Å²) in [6, 6.07) is 9.64. The lowest BCUT2D eigenvalue weighted by Crippen LogP contribution is -2.43. The maximum atomic E-state index is 14.5. The van der Waals surface area contributed by atoms with Crippen molar-refractivity contribution in [3.63, 3.8) is 0 Å². The van der Waals surface area contributed by atoms with Crippen molar-refractivity contribution in [1.29, 1.82) is 0 Å². The summed E-state index contributed by atoms with van der Waals surface area (Å²) in [6.45, 7) is 15.3. The molecule has 0 unspecified atom stereocenters. The molecule has 0 nitrogen and oxygen atoms in total. The molecule has 0 N–H and O–H groups in total. The van der Waals surface area contributed by atoms with Gasteiger partial charge in [-0.25, -0.2) is 0 Å². The number of hydrogen-bond donors (Lipinski definition) is 0. The Bertz CT molecular complexity index is 549. The number of allylic oxidation sites excluding steroid dienone is 2. The van der Waals surface area contributed by atoms with Crippen LogP contribution >= 0.6 is 0 Å². The molecule has 0 atom stereocenters. The quantitative estimate of drug-likeness (QED) is 0.433. The predicted molar refractivity (Wildman–Crippen MR) is 99.0 cm³/mol. The molecular weight excluding hydrogens is 287 g/mol. The van der Waals surface area contributed by atoms with Gasteiger partial charge in [-0.1, -0.05) is 71.9 Å². The van der Waals surface area contributed by atoms with Gasteiger partial charge in [0.2, 0.25) is 0 Å². The Morgan fingerprint density at radius 2 is 1.36 bits per heavy atom. The topological polar surface area (TPSA) is 0 Å². The molecule has 120 valence electrons. The lowest BCUT2D eigenvalue weighted by atomic mass is 10.1. The maximum absolute atomic E-state index is 14.5. The fourth-order valence-corrected chi connectivity index (χ4v) is 8.70. The highest BCUT2D eigenvalue weighted by molar-refractivity contribution is 6.90. The molecule has 0 aliphatic rings. The molecule has 0 spiro atoms. The summed E-state index contributed by atoms with van der Waals surface area (Å²) in [5.74, 6) is 2.60. The molecule has 0 aliphatic heterocycles. The van der Waals surface area contributed by atoms with Gasteiger partial charge >= 0.3 is 0 Å². The lowest BCUT2D eigenvalue weighted by molar-refractivity contribution is 0.678. The van der Waals surface area contributed by atoms with Gasteiger partial charge in [-0.05, 0) is 35.0 Å². The normalized spacial score (nSPS) is 13.2. The van der Waals surface area contributed by atoms with Gasteiger partial charge in [0.1, 0.15) is 8.07 Å². The van der Waals surface area contributed by atoms with Gasteiger partial charge in [-0.15, -0.1) is 5.54 Å². The second kappa shape index (κ2) is 7.79. The van der Waals surface area contributed by atoms with Gasteiger partial charge in [0, 0.05) is 5.57 Å². The zero-order valence-electron chi connectivity index (χ0n) is 15.0. The molecular formula is C20H29FSi. The van der Waals surface area contributed by atoms with Crippen molar-refractivity contribution in [2.75, 3.05) is 0 Å². The van der Waals surface area contributed by atoms with Crippen LogP contribution in [0.1, 0.15) is 54.0 Å². The molecule has 0 radical (unpaired) electrons. The summed E-state index contributed by atoms with van der Waals surface area (Å²) >= 11 is 0. The van der Waals surface area contributed by atoms with Crippen LogP contribution in [0.15, 0.2) is 36.2 Å². The van der Waals surface area contributed by atoms with E-state index in [2.05, 4.69) is 53.0 Å². The molecule has 1 aromatic carbocycles. The average molecular weight is 317 g/mol. The minimum atomic E-state index is -1.87. The van der Waals surface area contributed by atoms with Crippen LogP contribution < -0.4 is 0 Å². The number of rotatable bonds is 4. The second-order valence-corrected chi connectivity index (χ2v) is 12.5. The highest BCUT2D eigenvalue weighted by Gasteiger charge is 2.41. The highest BCUT2D eigenvalue weighted by Crippen LogP contribution is 2.40. The van der Waals surface area contributed by atoms with E-state index in [1.165, 1.54) is 0 Å². The zero-order chi connectivity index (χ0) is 16.9. The number of hydrogen-bond acceptors (Lipinski definition) is 0. The van der Waals surface area contributed by atoms with Crippen molar-refractivity contribution < 1.29 is 4.39 Å². The van der Waals surface area contributed by atoms with Gasteiger partial charge < -0.3 is 0 Å². The fraction of sp³-hybridized carbons (Fsp3) is 0.500. The van der Waals surface area contributed by atoms with Gasteiger partial charge in [0.25, 0.3) is 0 Å². The molecule has 22 heavy (non-hydrogen) atoms. The Labute approximate surface area is 136 Å². The molecule has 0 saturated heterocycles. The monoisotopic (exact) mass is 316 g/mol. The standard InChI is InChI=1S/C20H29FSi/c1-15(2)22(16(3)4,17(5)6)14-13-20(21)18(7)19-11-9-8-10-12-19/h8-12,15-17H,1-7H3/b20-18-. The molecule has 1 rings (SSSR count). The first-order valence-electron chi connectivity index (χ1n) is 8.18. The molecule has 0 saturated carbocycles. The van der Waals surface area contributed by atoms with E-state index in [9.17, 15) is 4.39 Å². The van der Waals surface area contributed by atoms with Crippen molar-refractivity contribution >= 4 is 13.6 Å². The van der Waals surface area contributed by atoms with Crippen LogP contribution in [0.5, 0.6) is 0 Å². The van der Waals surface area contributed by atoms with Gasteiger partial charge in [-0.3, -0.25) is 0 Å². The van der Waals surface area contributed by atoms with E-state index in [1.54, 1.807) is 0 Å². The summed E-state index contributed by atoms with van der Waals surface area (Å²) < 4.78 is 14.5. The Kier molecular flexibility index (Phi) is 6.62. The van der Waals surface area contributed by atoms with Crippen LogP contribution in [0.2, 0.25) is 16.6 Å². The van der Waals surface area contributed by atoms with Crippen LogP contribution in [0.3, 0.4) is 0 Å². The summed E-state index contributed by atoms with van der Waals surface area (Å²) in [4.78, 5) is 0. The second-order valence-electron chi connectivity index (χ2n) is 6.95. The summed E-state index contributed by atoms with van der Waals surface area (Å²) in [6.07, 6.45) is 0. The van der Waals surface area contributed by atoms with Crippen molar-refractivity contribution in [3.05, 3.63) is 41.7 Å². The molecule has 0 bridgehead atoms. The van der Waals surface area contributed by atoms with Crippen molar-refractivity contribution in [3.8, 4) is 11.5 Å². The molecule has 0 fully saturated rings. The molecule has 0 amide bonds. The third-order valence-corrected chi connectivity index (χ3v) is 11.1. The van der Waals surface area contributed by atoms with Crippen LogP contribution in [0, 0.1) is 11.5 Å². The largest absolute Gasteiger partial charge is 0.197 e. The smallest absolute Gasteiger partial charge is 0.176 e. The summed E-state index contributed by atoms with van der Waals surface area (Å²) in [5.41, 5.74) is 6.53. The highest BCUT2D eigenvalue weighted by atomic mass is 28.3. The third-order valence-electron chi connectivity index (χ3n) is 4.79. The molecule has 0 aromatic heterocycles. The predicted octanol–water partition coefficient (Wildman–Crippen LogP) is 6.61. The maximum Gasteiger partial charge on any atom is 0.176 e. The van der Waals surface area contributed by atoms with Crippen LogP contribution in [-0.2, 0) is 0 Å². The van der Waals surface area contributed by atoms with E-state index in [0.717, 1.165) is 5.56 Å². The van der Waals surface area contributed by atoms with Gasteiger partial charge in [0.05, 0.1) is 0 Å². The Balaban J connectivity index is 3.29. The Morgan fingerprint density at radius 1 is 0.909 bits per heavy atom. The van der Waals surface area contributed by atoms with E-state index < -0.39 is 8.07 Å². The van der Waals surface area contributed by atoms with Crippen LogP contribution in [0.25, 0.3) is 5.57 Å². The molecule has 0 aliphatic carbocycles. The van der Waals surface area contributed by atoms with Crippen LogP contribution in [-0.4, -0.2) is 8.07 Å². The minimum absolute atomic E-state index is 0.287. The van der Waals surface area contributed by atoms with E-state index in [4.69, 9.17) is 0 Å². The van der Waals surface area contributed by atoms with E-state index in [1.807, 2.05) is 37.3 Å². The SMILES string of the molecule is C/C(=C(/F)C#C[Si](C(C)C)(C(C)C)C(C)C)c1ccccc1. The molecule has 2 heteroatoms. The van der Waals surface area contributed by atoms with Crippen molar-refractivity contribution in [1.82, 2.24) is 0 Å². The van der Waals surface area contributed by atoms with Gasteiger partial charge in [-0.2, -0.15) is 4.39 Å². The zero-order valence-corrected chi connectivity index (χ0v) is 16.0. The van der Waals surface area contributed by atoms with E-state index >= 15 is 0 Å².